The number of hydrogen-bond acceptors (Lipinski definition) is 7. The number of aromatic amines is 1. The zero-order valence-electron chi connectivity index (χ0n) is 17.6. The van der Waals surface area contributed by atoms with Crippen LogP contribution in [0.5, 0.6) is 0 Å². The molecule has 2 aromatic heterocycles. The van der Waals surface area contributed by atoms with E-state index in [4.69, 9.17) is 0 Å². The first-order valence-corrected chi connectivity index (χ1v) is 14.6. The molecule has 3 heterocycles. The molecule has 1 amide bonds. The Morgan fingerprint density at radius 1 is 1.33 bits per heavy atom. The average Bonchev–Trinajstić information content (AvgIpc) is 3.51. The Hall–Kier alpha value is -2.55. The van der Waals surface area contributed by atoms with Gasteiger partial charge in [0.15, 0.2) is 0 Å². The van der Waals surface area contributed by atoms with Crippen LogP contribution >= 0.6 is 31.2 Å². The van der Waals surface area contributed by atoms with Crippen LogP contribution in [0.15, 0.2) is 39.1 Å². The molecule has 1 atom stereocenters. The van der Waals surface area contributed by atoms with Gasteiger partial charge in [0.2, 0.25) is 0 Å². The van der Waals surface area contributed by atoms with Crippen LogP contribution in [0.2, 0.25) is 0 Å². The Kier molecular flexibility index (Phi) is 6.97. The van der Waals surface area contributed by atoms with Crippen LogP contribution < -0.4 is 10.6 Å². The number of halogens is 4. The number of carbonyl (C=O) groups excluding carboxylic acids is 2. The molecule has 1 unspecified atom stereocenters. The Labute approximate surface area is 198 Å². The molecule has 3 N–H and O–H groups in total. The third kappa shape index (κ3) is 5.18. The van der Waals surface area contributed by atoms with Gasteiger partial charge in [-0.3, -0.25) is 0 Å². The summed E-state index contributed by atoms with van der Waals surface area (Å²) in [6.45, 7) is 4.20. The molecular weight excluding hydrogens is 572 g/mol. The molecule has 0 fully saturated rings. The fourth-order valence-electron chi connectivity index (χ4n) is 3.04. The maximum atomic E-state index is 14.0. The second-order valence-electron chi connectivity index (χ2n) is 7.57. The number of hydrogen-bond donors (Lipinski definition) is 3. The second-order valence-corrected chi connectivity index (χ2v) is 13.3. The number of aromatic nitrogens is 4. The molecular formula is C20H20F3IN6O2S. The summed E-state index contributed by atoms with van der Waals surface area (Å²) in [4.78, 5) is 25.1. The number of rotatable bonds is 7. The predicted octanol–water partition coefficient (Wildman–Crippen LogP) is 3.92. The van der Waals surface area contributed by atoms with Gasteiger partial charge in [-0.15, -0.1) is 0 Å². The van der Waals surface area contributed by atoms with Crippen LogP contribution in [-0.4, -0.2) is 40.8 Å². The normalized spacial score (nSPS) is 19.5. The van der Waals surface area contributed by atoms with E-state index in [-0.39, 0.29) is 16.8 Å². The summed E-state index contributed by atoms with van der Waals surface area (Å²) in [7, 11) is 0. The molecule has 2 aromatic rings. The van der Waals surface area contributed by atoms with E-state index >= 15 is 0 Å². The van der Waals surface area contributed by atoms with E-state index in [0.717, 1.165) is 5.69 Å². The number of H-pyrrole nitrogens is 1. The fourth-order valence-corrected chi connectivity index (χ4v) is 7.95. The average molecular weight is 592 g/mol. The zero-order chi connectivity index (χ0) is 23.7. The summed E-state index contributed by atoms with van der Waals surface area (Å²) in [6, 6.07) is 1.90. The Balaban J connectivity index is 1.36. The zero-order valence-corrected chi connectivity index (χ0v) is 20.6. The summed E-state index contributed by atoms with van der Waals surface area (Å²) < 4.78 is 42.2. The third-order valence-electron chi connectivity index (χ3n) is 4.82. The number of nitrogens with zero attached hydrogens (tertiary/aromatic N) is 3. The van der Waals surface area contributed by atoms with Crippen LogP contribution in [0.4, 0.5) is 13.2 Å². The van der Waals surface area contributed by atoms with Gasteiger partial charge in [-0.25, -0.2) is 0 Å². The van der Waals surface area contributed by atoms with Crippen LogP contribution in [0.1, 0.15) is 36.9 Å². The molecule has 4 rings (SSSR count). The van der Waals surface area contributed by atoms with E-state index in [0.29, 0.717) is 27.7 Å². The fraction of sp³-hybridized carbons (Fsp3) is 0.350. The summed E-state index contributed by atoms with van der Waals surface area (Å²) in [5.74, 6) is -2.42. The summed E-state index contributed by atoms with van der Waals surface area (Å²) in [5.41, 5.74) is 1.14. The molecule has 0 aromatic carbocycles. The molecule has 0 spiro atoms. The molecule has 2 aliphatic rings. The van der Waals surface area contributed by atoms with Crippen molar-refractivity contribution in [3.05, 3.63) is 49.9 Å². The number of carbonyl (C=O) groups is 2. The minimum absolute atomic E-state index is 0.119. The summed E-state index contributed by atoms with van der Waals surface area (Å²) in [5, 5.41) is 22.1. The first-order valence-electron chi connectivity index (χ1n) is 9.94. The van der Waals surface area contributed by atoms with Crippen LogP contribution in [0.3, 0.4) is 0 Å². The van der Waals surface area contributed by atoms with Crippen LogP contribution in [0.25, 0.3) is 10.7 Å². The molecule has 0 bridgehead atoms. The second kappa shape index (κ2) is 9.75. The number of allylic oxidation sites excluding steroid dienone is 4. The quantitative estimate of drug-likeness (QED) is 0.195. The van der Waals surface area contributed by atoms with Crippen LogP contribution in [0, 0.1) is 0 Å². The predicted molar refractivity (Wildman–Crippen MR) is 125 cm³/mol. The van der Waals surface area contributed by atoms with Crippen molar-refractivity contribution in [3.8, 4) is 10.7 Å². The van der Waals surface area contributed by atoms with E-state index < -0.39 is 59.3 Å². The molecule has 33 heavy (non-hydrogen) atoms. The van der Waals surface area contributed by atoms with Crippen molar-refractivity contribution < 1.29 is 22.8 Å². The Morgan fingerprint density at radius 3 is 2.82 bits per heavy atom. The van der Waals surface area contributed by atoms with Gasteiger partial charge >= 0.3 is 185 Å². The standard InChI is InChI=1S/C20H20F3IN6O2S/c1-9(2)13-5-14(28-27-13)20-30-29-16(33-20)7-25-19(32)15-6-24(8-26-15)18(31)17-11(22)3-10(21)4-12(17)23/h3,5-6,9-10,26H,4,7-8H2,1-2H3,(H,25,32)(H,27,28). The van der Waals surface area contributed by atoms with Crippen molar-refractivity contribution in [1.82, 2.24) is 31.0 Å². The van der Waals surface area contributed by atoms with Gasteiger partial charge in [0, 0.05) is 0 Å². The number of nitrogens with one attached hydrogen (secondary N) is 3. The van der Waals surface area contributed by atoms with Crippen molar-refractivity contribution in [1.29, 1.82) is 0 Å². The minimum atomic E-state index is -2.71. The number of alkyl halides is 2. The van der Waals surface area contributed by atoms with Gasteiger partial charge in [-0.2, -0.15) is 0 Å². The van der Waals surface area contributed by atoms with E-state index in [1.807, 2.05) is 19.9 Å². The molecule has 0 saturated heterocycles. The van der Waals surface area contributed by atoms with Crippen molar-refractivity contribution in [2.45, 2.75) is 38.9 Å². The SMILES string of the molecule is CC(C)c1cc(-c2nnc(CNC(=O)C3=CI(C(=O)C4=C(F)CC(F)C=C4F)CN3)s2)n[nH]1. The van der Waals surface area contributed by atoms with Gasteiger partial charge in [0.25, 0.3) is 0 Å². The van der Waals surface area contributed by atoms with Crippen molar-refractivity contribution in [3.63, 3.8) is 0 Å². The van der Waals surface area contributed by atoms with Gasteiger partial charge in [0.1, 0.15) is 0 Å². The molecule has 1 aliphatic heterocycles. The topological polar surface area (TPSA) is 113 Å². The van der Waals surface area contributed by atoms with E-state index in [1.54, 1.807) is 0 Å². The van der Waals surface area contributed by atoms with Gasteiger partial charge in [-0.1, -0.05) is 13.8 Å². The maximum absolute atomic E-state index is 14.0. The summed E-state index contributed by atoms with van der Waals surface area (Å²) in [6.07, 6.45) is -1.82. The molecule has 0 saturated carbocycles. The van der Waals surface area contributed by atoms with E-state index in [9.17, 15) is 22.8 Å². The molecule has 0 radical (unpaired) electrons. The Bertz CT molecular complexity index is 1190. The molecule has 176 valence electrons. The van der Waals surface area contributed by atoms with E-state index in [1.165, 1.54) is 15.4 Å². The van der Waals surface area contributed by atoms with Crippen LogP contribution in [-0.2, 0) is 16.1 Å². The van der Waals surface area contributed by atoms with Gasteiger partial charge in [-0.05, 0) is 0 Å². The Morgan fingerprint density at radius 2 is 2.12 bits per heavy atom. The van der Waals surface area contributed by atoms with Crippen molar-refractivity contribution in [2.24, 2.45) is 0 Å². The first kappa shape index (κ1) is 23.6. The van der Waals surface area contributed by atoms with Crippen molar-refractivity contribution in [2.75, 3.05) is 4.55 Å². The molecule has 1 aliphatic carbocycles. The van der Waals surface area contributed by atoms with Gasteiger partial charge < -0.3 is 0 Å². The first-order chi connectivity index (χ1) is 15.7. The number of amides is 1. The van der Waals surface area contributed by atoms with E-state index in [2.05, 4.69) is 31.0 Å². The molecule has 8 nitrogen and oxygen atoms in total. The van der Waals surface area contributed by atoms with Gasteiger partial charge in [0.05, 0.1) is 0 Å². The summed E-state index contributed by atoms with van der Waals surface area (Å²) >= 11 is -1.42. The third-order valence-corrected chi connectivity index (χ3v) is 10.1. The molecule has 13 heteroatoms. The van der Waals surface area contributed by atoms with Crippen molar-refractivity contribution >= 4 is 40.9 Å². The monoisotopic (exact) mass is 592 g/mol.